The Kier molecular flexibility index (Phi) is 6.49. The summed E-state index contributed by atoms with van der Waals surface area (Å²) in [5.41, 5.74) is 1.39. The van der Waals surface area contributed by atoms with E-state index in [1.54, 1.807) is 6.92 Å². The molecule has 3 rings (SSSR count). The molecule has 7 nitrogen and oxygen atoms in total. The van der Waals surface area contributed by atoms with Crippen molar-refractivity contribution in [1.82, 2.24) is 10.6 Å². The van der Waals surface area contributed by atoms with Crippen LogP contribution in [0.4, 0.5) is 4.79 Å². The summed E-state index contributed by atoms with van der Waals surface area (Å²) in [6.07, 6.45) is 0.599. The third-order valence-electron chi connectivity index (χ3n) is 4.74. The number of esters is 2. The van der Waals surface area contributed by atoms with Crippen LogP contribution in [0.5, 0.6) is 0 Å². The van der Waals surface area contributed by atoms with E-state index in [1.165, 1.54) is 0 Å². The van der Waals surface area contributed by atoms with Gasteiger partial charge in [-0.25, -0.2) is 9.59 Å². The summed E-state index contributed by atoms with van der Waals surface area (Å²) in [5.74, 6) is -0.982. The third-order valence-corrected chi connectivity index (χ3v) is 4.74. The zero-order chi connectivity index (χ0) is 20.8. The molecule has 0 spiro atoms. The molecule has 7 heteroatoms. The highest BCUT2D eigenvalue weighted by atomic mass is 16.5. The minimum Gasteiger partial charge on any atom is -0.463 e. The number of carbonyl (C=O) groups is 3. The van der Waals surface area contributed by atoms with Gasteiger partial charge in [-0.3, -0.25) is 4.79 Å². The molecule has 29 heavy (non-hydrogen) atoms. The van der Waals surface area contributed by atoms with Crippen LogP contribution in [-0.2, 0) is 25.5 Å². The van der Waals surface area contributed by atoms with E-state index in [2.05, 4.69) is 10.6 Å². The van der Waals surface area contributed by atoms with Crippen molar-refractivity contribution in [2.75, 3.05) is 13.2 Å². The topological polar surface area (TPSA) is 93.7 Å². The first-order valence-corrected chi connectivity index (χ1v) is 9.63. The van der Waals surface area contributed by atoms with Crippen LogP contribution in [0.15, 0.2) is 53.7 Å². The van der Waals surface area contributed by atoms with Gasteiger partial charge in [-0.1, -0.05) is 49.4 Å². The molecule has 1 aliphatic heterocycles. The lowest BCUT2D eigenvalue weighted by Gasteiger charge is -2.28. The maximum absolute atomic E-state index is 12.4. The number of urea groups is 1. The average molecular weight is 396 g/mol. The number of hydrogen-bond acceptors (Lipinski definition) is 5. The Balaban J connectivity index is 1.75. The number of benzene rings is 2. The smallest absolute Gasteiger partial charge is 0.338 e. The largest absolute Gasteiger partial charge is 0.463 e. The molecule has 0 bridgehead atoms. The Morgan fingerprint density at radius 1 is 1.03 bits per heavy atom. The Bertz CT molecular complexity index is 961. The van der Waals surface area contributed by atoms with Gasteiger partial charge in [0.15, 0.2) is 0 Å². The van der Waals surface area contributed by atoms with E-state index in [4.69, 9.17) is 9.47 Å². The van der Waals surface area contributed by atoms with Crippen LogP contribution in [0.25, 0.3) is 10.8 Å². The second-order valence-electron chi connectivity index (χ2n) is 6.65. The molecule has 0 fully saturated rings. The zero-order valence-corrected chi connectivity index (χ0v) is 16.5. The van der Waals surface area contributed by atoms with Gasteiger partial charge in [-0.15, -0.1) is 0 Å². The van der Waals surface area contributed by atoms with E-state index in [1.807, 2.05) is 49.4 Å². The van der Waals surface area contributed by atoms with Crippen molar-refractivity contribution >= 4 is 28.7 Å². The van der Waals surface area contributed by atoms with Crippen molar-refractivity contribution in [3.05, 3.63) is 59.3 Å². The molecule has 1 aliphatic rings. The second-order valence-corrected chi connectivity index (χ2v) is 6.65. The van der Waals surface area contributed by atoms with E-state index in [0.29, 0.717) is 6.42 Å². The van der Waals surface area contributed by atoms with Gasteiger partial charge in [0.05, 0.1) is 30.3 Å². The van der Waals surface area contributed by atoms with Crippen LogP contribution in [0.3, 0.4) is 0 Å². The molecule has 0 radical (unpaired) electrons. The number of hydrogen-bond donors (Lipinski definition) is 2. The highest BCUT2D eigenvalue weighted by molar-refractivity contribution is 5.95. The Hall–Kier alpha value is -3.35. The van der Waals surface area contributed by atoms with Crippen LogP contribution in [0, 0.1) is 0 Å². The molecule has 1 atom stereocenters. The molecule has 0 saturated carbocycles. The lowest BCUT2D eigenvalue weighted by Crippen LogP contribution is -2.51. The van der Waals surface area contributed by atoms with Gasteiger partial charge >= 0.3 is 18.0 Å². The molecule has 2 amide bonds. The Morgan fingerprint density at radius 2 is 1.79 bits per heavy atom. The van der Waals surface area contributed by atoms with Crippen molar-refractivity contribution in [2.24, 2.45) is 0 Å². The van der Waals surface area contributed by atoms with E-state index in [-0.39, 0.29) is 30.9 Å². The Morgan fingerprint density at radius 3 is 2.55 bits per heavy atom. The van der Waals surface area contributed by atoms with Crippen molar-refractivity contribution in [3.8, 4) is 0 Å². The number of carbonyl (C=O) groups excluding carboxylic acids is 3. The quantitative estimate of drug-likeness (QED) is 0.702. The standard InChI is InChI=1S/C22H24N2O5/c1-3-17-20(21(26)28-4-2)18(24-22(27)23-17)13-29-19(25)12-15-10-7-9-14-8-5-6-11-16(14)15/h5-11,17H,3-4,12-13H2,1-2H3,(H2,23,24,27)/t17-/m0/s1. The monoisotopic (exact) mass is 396 g/mol. The van der Waals surface area contributed by atoms with Crippen molar-refractivity contribution in [3.63, 3.8) is 0 Å². The lowest BCUT2D eigenvalue weighted by molar-refractivity contribution is -0.143. The number of fused-ring (bicyclic) bond motifs is 1. The van der Waals surface area contributed by atoms with Gasteiger partial charge < -0.3 is 20.1 Å². The van der Waals surface area contributed by atoms with Gasteiger partial charge in [0.25, 0.3) is 0 Å². The van der Waals surface area contributed by atoms with Crippen molar-refractivity contribution < 1.29 is 23.9 Å². The van der Waals surface area contributed by atoms with Crippen LogP contribution in [-0.4, -0.2) is 37.2 Å². The van der Waals surface area contributed by atoms with Crippen LogP contribution in [0.1, 0.15) is 25.8 Å². The summed E-state index contributed by atoms with van der Waals surface area (Å²) in [6.45, 7) is 3.56. The highest BCUT2D eigenvalue weighted by Gasteiger charge is 2.32. The van der Waals surface area contributed by atoms with E-state index >= 15 is 0 Å². The fourth-order valence-electron chi connectivity index (χ4n) is 3.38. The molecule has 0 unspecified atom stereocenters. The highest BCUT2D eigenvalue weighted by Crippen LogP contribution is 2.20. The average Bonchev–Trinajstić information content (AvgIpc) is 2.72. The maximum atomic E-state index is 12.4. The minimum absolute atomic E-state index is 0.0901. The molecule has 2 aromatic rings. The first-order valence-electron chi connectivity index (χ1n) is 9.63. The SMILES string of the molecule is CCOC(=O)C1=C(COC(=O)Cc2cccc3ccccc23)NC(=O)N[C@H]1CC. The normalized spacial score (nSPS) is 16.2. The maximum Gasteiger partial charge on any atom is 0.338 e. The van der Waals surface area contributed by atoms with Crippen LogP contribution < -0.4 is 10.6 Å². The number of ether oxygens (including phenoxy) is 2. The first-order chi connectivity index (χ1) is 14.0. The minimum atomic E-state index is -0.535. The zero-order valence-electron chi connectivity index (χ0n) is 16.5. The molecule has 0 aromatic heterocycles. The van der Waals surface area contributed by atoms with Crippen LogP contribution in [0.2, 0.25) is 0 Å². The molecule has 0 aliphatic carbocycles. The van der Waals surface area contributed by atoms with Gasteiger partial charge in [-0.2, -0.15) is 0 Å². The van der Waals surface area contributed by atoms with Gasteiger partial charge in [-0.05, 0) is 29.7 Å². The van der Waals surface area contributed by atoms with Crippen molar-refractivity contribution in [1.29, 1.82) is 0 Å². The molecule has 152 valence electrons. The summed E-state index contributed by atoms with van der Waals surface area (Å²) < 4.78 is 10.5. The molecule has 2 N–H and O–H groups in total. The predicted octanol–water partition coefficient (Wildman–Crippen LogP) is 2.83. The van der Waals surface area contributed by atoms with E-state index in [0.717, 1.165) is 16.3 Å². The Labute approximate surface area is 169 Å². The van der Waals surface area contributed by atoms with Gasteiger partial charge in [0.1, 0.15) is 6.61 Å². The summed E-state index contributed by atoms with van der Waals surface area (Å²) in [6, 6.07) is 12.6. The van der Waals surface area contributed by atoms with E-state index in [9.17, 15) is 14.4 Å². The molecule has 0 saturated heterocycles. The number of nitrogens with one attached hydrogen (secondary N) is 2. The molecular formula is C22H24N2O5. The molecule has 2 aromatic carbocycles. The molecular weight excluding hydrogens is 372 g/mol. The number of rotatable bonds is 7. The predicted molar refractivity (Wildman–Crippen MR) is 108 cm³/mol. The summed E-state index contributed by atoms with van der Waals surface area (Å²) >= 11 is 0. The van der Waals surface area contributed by atoms with Crippen molar-refractivity contribution in [2.45, 2.75) is 32.7 Å². The summed E-state index contributed by atoms with van der Waals surface area (Å²) in [4.78, 5) is 36.7. The lowest BCUT2D eigenvalue weighted by atomic mass is 10.0. The first kappa shape index (κ1) is 20.4. The van der Waals surface area contributed by atoms with Gasteiger partial charge in [0, 0.05) is 0 Å². The molecule has 1 heterocycles. The second kappa shape index (κ2) is 9.23. The number of amides is 2. The fourth-order valence-corrected chi connectivity index (χ4v) is 3.38. The van der Waals surface area contributed by atoms with Crippen LogP contribution >= 0.6 is 0 Å². The summed E-state index contributed by atoms with van der Waals surface area (Å²) in [7, 11) is 0. The summed E-state index contributed by atoms with van der Waals surface area (Å²) in [5, 5.41) is 7.28. The van der Waals surface area contributed by atoms with E-state index < -0.39 is 24.0 Å². The fraction of sp³-hybridized carbons (Fsp3) is 0.318. The third kappa shape index (κ3) is 4.74. The van der Waals surface area contributed by atoms with Gasteiger partial charge in [0.2, 0.25) is 0 Å².